The number of hydrogen-bond acceptors (Lipinski definition) is 5. The molecule has 0 bridgehead atoms. The van der Waals surface area contributed by atoms with E-state index in [0.717, 1.165) is 17.1 Å². The van der Waals surface area contributed by atoms with Crippen molar-refractivity contribution in [2.24, 2.45) is 0 Å². The number of anilines is 1. The van der Waals surface area contributed by atoms with Crippen LogP contribution in [0.15, 0.2) is 45.8 Å². The molecule has 0 N–H and O–H groups in total. The summed E-state index contributed by atoms with van der Waals surface area (Å²) in [6, 6.07) is 9.37. The predicted octanol–water partition coefficient (Wildman–Crippen LogP) is 4.55. The Hall–Kier alpha value is -2.50. The van der Waals surface area contributed by atoms with E-state index in [1.807, 2.05) is 0 Å². The Morgan fingerprint density at radius 3 is 2.43 bits per heavy atom. The zero-order valence-electron chi connectivity index (χ0n) is 17.4. The fourth-order valence-electron chi connectivity index (χ4n) is 2.79. The lowest BCUT2D eigenvalue weighted by atomic mass is 10.1. The van der Waals surface area contributed by atoms with Gasteiger partial charge in [0.15, 0.2) is 0 Å². The Morgan fingerprint density at radius 1 is 1.17 bits per heavy atom. The van der Waals surface area contributed by atoms with Gasteiger partial charge in [-0.3, -0.25) is 4.31 Å². The van der Waals surface area contributed by atoms with Crippen molar-refractivity contribution in [3.63, 3.8) is 0 Å². The van der Waals surface area contributed by atoms with Crippen LogP contribution < -0.4 is 9.04 Å². The third-order valence-electron chi connectivity index (χ3n) is 4.28. The van der Waals surface area contributed by atoms with Gasteiger partial charge in [-0.1, -0.05) is 34.7 Å². The summed E-state index contributed by atoms with van der Waals surface area (Å²) >= 11 is 3.33. The van der Waals surface area contributed by atoms with Crippen LogP contribution in [0.4, 0.5) is 5.69 Å². The quantitative estimate of drug-likeness (QED) is 0.417. The molecule has 2 aromatic carbocycles. The first kappa shape index (κ1) is 23.8. The maximum absolute atomic E-state index is 13.2. The fourth-order valence-corrected chi connectivity index (χ4v) is 4.64. The second-order valence-corrected chi connectivity index (χ2v) is 9.33. The Balaban J connectivity index is 2.32. The molecule has 0 amide bonds. The first-order valence-corrected chi connectivity index (χ1v) is 11.5. The number of ether oxygens (including phenoxy) is 2. The highest BCUT2D eigenvalue weighted by Gasteiger charge is 2.27. The lowest BCUT2D eigenvalue weighted by Crippen LogP contribution is -2.29. The summed E-state index contributed by atoms with van der Waals surface area (Å²) in [5.41, 5.74) is 1.03. The SMILES string of the molecule is CCCC#CCOc1ccc(S(=O)(=O)N(C)c2c(C)cc(Br)cc2C(=O)OC)cc1. The summed E-state index contributed by atoms with van der Waals surface area (Å²) < 4.78 is 38.4. The van der Waals surface area contributed by atoms with E-state index >= 15 is 0 Å². The molecule has 2 aromatic rings. The van der Waals surface area contributed by atoms with Crippen LogP contribution in [0.1, 0.15) is 35.7 Å². The number of esters is 1. The number of sulfonamides is 1. The smallest absolute Gasteiger partial charge is 0.340 e. The van der Waals surface area contributed by atoms with Crippen LogP contribution in [0.5, 0.6) is 5.75 Å². The van der Waals surface area contributed by atoms with Crippen molar-refractivity contribution in [2.75, 3.05) is 25.1 Å². The van der Waals surface area contributed by atoms with Crippen molar-refractivity contribution >= 4 is 37.6 Å². The molecule has 8 heteroatoms. The van der Waals surface area contributed by atoms with E-state index in [1.54, 1.807) is 25.1 Å². The molecule has 0 heterocycles. The molecular formula is C22H24BrNO5S. The molecule has 0 spiro atoms. The monoisotopic (exact) mass is 493 g/mol. The molecule has 6 nitrogen and oxygen atoms in total. The summed E-state index contributed by atoms with van der Waals surface area (Å²) in [7, 11) is -1.25. The minimum atomic E-state index is -3.91. The zero-order valence-corrected chi connectivity index (χ0v) is 19.8. The largest absolute Gasteiger partial charge is 0.481 e. The van der Waals surface area contributed by atoms with Gasteiger partial charge in [0, 0.05) is 17.9 Å². The van der Waals surface area contributed by atoms with Crippen LogP contribution in [0.2, 0.25) is 0 Å². The topological polar surface area (TPSA) is 72.9 Å². The van der Waals surface area contributed by atoms with Gasteiger partial charge in [0.25, 0.3) is 10.0 Å². The van der Waals surface area contributed by atoms with Crippen molar-refractivity contribution < 1.29 is 22.7 Å². The maximum atomic E-state index is 13.2. The van der Waals surface area contributed by atoms with E-state index in [0.29, 0.717) is 15.8 Å². The van der Waals surface area contributed by atoms with Crippen molar-refractivity contribution in [1.29, 1.82) is 0 Å². The number of hydrogen-bond donors (Lipinski definition) is 0. The molecule has 0 aliphatic heterocycles. The second-order valence-electron chi connectivity index (χ2n) is 6.45. The van der Waals surface area contributed by atoms with Crippen molar-refractivity contribution in [3.05, 3.63) is 52.0 Å². The first-order valence-electron chi connectivity index (χ1n) is 9.28. The highest BCUT2D eigenvalue weighted by atomic mass is 79.9. The lowest BCUT2D eigenvalue weighted by molar-refractivity contribution is 0.0601. The molecule has 0 atom stereocenters. The van der Waals surface area contributed by atoms with Crippen LogP contribution in [0, 0.1) is 18.8 Å². The van der Waals surface area contributed by atoms with Crippen molar-refractivity contribution in [3.8, 4) is 17.6 Å². The molecule has 0 fully saturated rings. The molecule has 0 aromatic heterocycles. The van der Waals surface area contributed by atoms with E-state index in [-0.39, 0.29) is 22.8 Å². The van der Waals surface area contributed by atoms with Crippen molar-refractivity contribution in [1.82, 2.24) is 0 Å². The van der Waals surface area contributed by atoms with Gasteiger partial charge < -0.3 is 9.47 Å². The average molecular weight is 494 g/mol. The van der Waals surface area contributed by atoms with Gasteiger partial charge in [-0.15, -0.1) is 0 Å². The van der Waals surface area contributed by atoms with Crippen LogP contribution in [-0.2, 0) is 14.8 Å². The molecule has 30 heavy (non-hydrogen) atoms. The number of halogens is 1. The zero-order chi connectivity index (χ0) is 22.3. The molecule has 0 saturated heterocycles. The summed E-state index contributed by atoms with van der Waals surface area (Å²) in [5.74, 6) is 5.79. The van der Waals surface area contributed by atoms with Gasteiger partial charge in [-0.05, 0) is 55.3 Å². The van der Waals surface area contributed by atoms with E-state index in [4.69, 9.17) is 9.47 Å². The summed E-state index contributed by atoms with van der Waals surface area (Å²) in [4.78, 5) is 12.3. The minimum Gasteiger partial charge on any atom is -0.481 e. The van der Waals surface area contributed by atoms with Gasteiger partial charge in [0.1, 0.15) is 12.4 Å². The van der Waals surface area contributed by atoms with Gasteiger partial charge in [-0.25, -0.2) is 13.2 Å². The second kappa shape index (κ2) is 10.5. The van der Waals surface area contributed by atoms with Crippen LogP contribution in [-0.4, -0.2) is 35.2 Å². The van der Waals surface area contributed by atoms with Crippen LogP contribution >= 0.6 is 15.9 Å². The number of carbonyl (C=O) groups excluding carboxylic acids is 1. The number of aryl methyl sites for hydroxylation is 1. The Bertz CT molecular complexity index is 1070. The van der Waals surface area contributed by atoms with Gasteiger partial charge in [0.05, 0.1) is 23.3 Å². The number of nitrogens with zero attached hydrogens (tertiary/aromatic N) is 1. The Labute approximate surface area is 186 Å². The number of unbranched alkanes of at least 4 members (excludes halogenated alkanes) is 1. The predicted molar refractivity (Wildman–Crippen MR) is 120 cm³/mol. The van der Waals surface area contributed by atoms with Crippen LogP contribution in [0.3, 0.4) is 0 Å². The average Bonchev–Trinajstić information content (AvgIpc) is 2.72. The fraction of sp³-hybridized carbons (Fsp3) is 0.318. The van der Waals surface area contributed by atoms with Gasteiger partial charge in [-0.2, -0.15) is 0 Å². The molecular weight excluding hydrogens is 470 g/mol. The Morgan fingerprint density at radius 2 is 1.83 bits per heavy atom. The normalized spacial score (nSPS) is 10.7. The summed E-state index contributed by atoms with van der Waals surface area (Å²) in [6.07, 6.45) is 1.80. The summed E-state index contributed by atoms with van der Waals surface area (Å²) in [5, 5.41) is 0. The number of carbonyl (C=O) groups is 1. The van der Waals surface area contributed by atoms with E-state index in [2.05, 4.69) is 34.7 Å². The maximum Gasteiger partial charge on any atom is 0.340 e. The first-order chi connectivity index (χ1) is 14.2. The van der Waals surface area contributed by atoms with Gasteiger partial charge in [0.2, 0.25) is 0 Å². The van der Waals surface area contributed by atoms with E-state index in [9.17, 15) is 13.2 Å². The molecule has 160 valence electrons. The van der Waals surface area contributed by atoms with E-state index < -0.39 is 16.0 Å². The molecule has 0 aliphatic carbocycles. The van der Waals surface area contributed by atoms with Crippen LogP contribution in [0.25, 0.3) is 0 Å². The number of rotatable bonds is 7. The third kappa shape index (κ3) is 5.55. The molecule has 0 saturated carbocycles. The summed E-state index contributed by atoms with van der Waals surface area (Å²) in [6.45, 7) is 4.03. The molecule has 2 rings (SSSR count). The lowest BCUT2D eigenvalue weighted by Gasteiger charge is -2.24. The minimum absolute atomic E-state index is 0.0764. The van der Waals surface area contributed by atoms with E-state index in [1.165, 1.54) is 32.4 Å². The number of methoxy groups -OCH3 is 1. The molecule has 0 unspecified atom stereocenters. The molecule has 0 aliphatic rings. The molecule has 0 radical (unpaired) electrons. The highest BCUT2D eigenvalue weighted by Crippen LogP contribution is 2.33. The van der Waals surface area contributed by atoms with Crippen molar-refractivity contribution in [2.45, 2.75) is 31.6 Å². The number of benzene rings is 2. The Kier molecular flexibility index (Phi) is 8.33. The standard InChI is InChI=1S/C22H24BrNO5S/c1-5-6-7-8-13-29-18-9-11-19(12-10-18)30(26,27)24(3)21-16(2)14-17(23)15-20(21)22(25)28-4/h9-12,14-15H,5-6,13H2,1-4H3. The highest BCUT2D eigenvalue weighted by molar-refractivity contribution is 9.10. The third-order valence-corrected chi connectivity index (χ3v) is 6.51. The van der Waals surface area contributed by atoms with Gasteiger partial charge >= 0.3 is 5.97 Å².